The lowest BCUT2D eigenvalue weighted by atomic mass is 10.1. The van der Waals surface area contributed by atoms with Crippen LogP contribution in [-0.4, -0.2) is 39.9 Å². The predicted octanol–water partition coefficient (Wildman–Crippen LogP) is -0.0135. The number of hydrogen-bond donors (Lipinski definition) is 4. The molecule has 7 heteroatoms. The molecule has 1 amide bonds. The zero-order chi connectivity index (χ0) is 12.7. The SMILES string of the molecule is CC(CS)C(=O)N[C@@H](CCC(=O)O)C(=O)O. The standard InChI is InChI=1S/C9H15NO5S/c1-5(4-16)8(13)10-6(9(14)15)2-3-7(11)12/h5-6,16H,2-4H2,1H3,(H,10,13)(H,11,12)(H,14,15)/t5?,6-/m0/s1. The normalized spacial score (nSPS) is 13.9. The van der Waals surface area contributed by atoms with Crippen LogP contribution in [0.1, 0.15) is 19.8 Å². The minimum Gasteiger partial charge on any atom is -0.481 e. The quantitative estimate of drug-likeness (QED) is 0.475. The van der Waals surface area contributed by atoms with E-state index in [-0.39, 0.29) is 12.8 Å². The van der Waals surface area contributed by atoms with E-state index in [2.05, 4.69) is 17.9 Å². The number of rotatable bonds is 7. The van der Waals surface area contributed by atoms with Crippen molar-refractivity contribution < 1.29 is 24.6 Å². The molecular weight excluding hydrogens is 234 g/mol. The van der Waals surface area contributed by atoms with Gasteiger partial charge in [-0.1, -0.05) is 6.92 Å². The first kappa shape index (κ1) is 14.8. The lowest BCUT2D eigenvalue weighted by molar-refractivity contribution is -0.143. The van der Waals surface area contributed by atoms with Crippen molar-refractivity contribution in [2.24, 2.45) is 5.92 Å². The molecule has 16 heavy (non-hydrogen) atoms. The molecule has 0 fully saturated rings. The molecule has 0 aromatic carbocycles. The monoisotopic (exact) mass is 249 g/mol. The first-order valence-electron chi connectivity index (χ1n) is 4.74. The van der Waals surface area contributed by atoms with Crippen LogP contribution in [0, 0.1) is 5.92 Å². The largest absolute Gasteiger partial charge is 0.481 e. The average molecular weight is 249 g/mol. The second-order valence-corrected chi connectivity index (χ2v) is 3.78. The highest BCUT2D eigenvalue weighted by molar-refractivity contribution is 7.80. The Balaban J connectivity index is 4.28. The number of carbonyl (C=O) groups excluding carboxylic acids is 1. The summed E-state index contributed by atoms with van der Waals surface area (Å²) in [7, 11) is 0. The smallest absolute Gasteiger partial charge is 0.326 e. The van der Waals surface area contributed by atoms with Crippen molar-refractivity contribution in [3.05, 3.63) is 0 Å². The number of amides is 1. The Morgan fingerprint density at radius 2 is 1.88 bits per heavy atom. The molecule has 0 heterocycles. The van der Waals surface area contributed by atoms with Gasteiger partial charge in [-0.2, -0.15) is 12.6 Å². The maximum absolute atomic E-state index is 11.4. The van der Waals surface area contributed by atoms with Gasteiger partial charge in [0.05, 0.1) is 0 Å². The number of carbonyl (C=O) groups is 3. The molecule has 0 aliphatic rings. The van der Waals surface area contributed by atoms with Crippen LogP contribution in [0.25, 0.3) is 0 Å². The molecule has 0 aromatic heterocycles. The van der Waals surface area contributed by atoms with E-state index >= 15 is 0 Å². The Labute approximate surface area is 98.4 Å². The lowest BCUT2D eigenvalue weighted by Crippen LogP contribution is -2.43. The summed E-state index contributed by atoms with van der Waals surface area (Å²) in [5, 5.41) is 19.5. The molecule has 0 rings (SSSR count). The Hall–Kier alpha value is -1.24. The summed E-state index contributed by atoms with van der Waals surface area (Å²) in [5.41, 5.74) is 0. The summed E-state index contributed by atoms with van der Waals surface area (Å²) in [6, 6.07) is -1.16. The van der Waals surface area contributed by atoms with Crippen molar-refractivity contribution in [2.45, 2.75) is 25.8 Å². The van der Waals surface area contributed by atoms with E-state index in [0.29, 0.717) is 5.75 Å². The van der Waals surface area contributed by atoms with Gasteiger partial charge in [-0.3, -0.25) is 9.59 Å². The van der Waals surface area contributed by atoms with E-state index in [1.54, 1.807) is 6.92 Å². The molecule has 0 saturated carbocycles. The van der Waals surface area contributed by atoms with Crippen LogP contribution in [0.15, 0.2) is 0 Å². The van der Waals surface area contributed by atoms with Crippen LogP contribution >= 0.6 is 12.6 Å². The van der Waals surface area contributed by atoms with Crippen LogP contribution in [0.5, 0.6) is 0 Å². The highest BCUT2D eigenvalue weighted by Crippen LogP contribution is 2.02. The van der Waals surface area contributed by atoms with Crippen molar-refractivity contribution in [1.82, 2.24) is 5.32 Å². The van der Waals surface area contributed by atoms with Crippen molar-refractivity contribution in [3.63, 3.8) is 0 Å². The number of hydrogen-bond acceptors (Lipinski definition) is 4. The fourth-order valence-corrected chi connectivity index (χ4v) is 1.09. The molecule has 0 spiro atoms. The molecule has 0 radical (unpaired) electrons. The van der Waals surface area contributed by atoms with Gasteiger partial charge in [0.2, 0.25) is 5.91 Å². The van der Waals surface area contributed by atoms with Gasteiger partial charge >= 0.3 is 11.9 Å². The van der Waals surface area contributed by atoms with E-state index in [0.717, 1.165) is 0 Å². The van der Waals surface area contributed by atoms with Crippen molar-refractivity contribution in [3.8, 4) is 0 Å². The van der Waals surface area contributed by atoms with Gasteiger partial charge in [-0.25, -0.2) is 4.79 Å². The van der Waals surface area contributed by atoms with Crippen LogP contribution in [0.2, 0.25) is 0 Å². The number of carboxylic acid groups (broad SMARTS) is 2. The van der Waals surface area contributed by atoms with E-state index in [4.69, 9.17) is 10.2 Å². The first-order chi connectivity index (χ1) is 7.38. The van der Waals surface area contributed by atoms with Crippen LogP contribution in [0.4, 0.5) is 0 Å². The average Bonchev–Trinajstić information content (AvgIpc) is 2.21. The summed E-state index contributed by atoms with van der Waals surface area (Å²) in [4.78, 5) is 32.4. The fraction of sp³-hybridized carbons (Fsp3) is 0.667. The maximum Gasteiger partial charge on any atom is 0.326 e. The van der Waals surface area contributed by atoms with Crippen LogP contribution < -0.4 is 5.32 Å². The Morgan fingerprint density at radius 1 is 1.31 bits per heavy atom. The van der Waals surface area contributed by atoms with Crippen molar-refractivity contribution in [1.29, 1.82) is 0 Å². The third-order valence-corrected chi connectivity index (χ3v) is 2.53. The van der Waals surface area contributed by atoms with Crippen molar-refractivity contribution >= 4 is 30.5 Å². The predicted molar refractivity (Wildman–Crippen MR) is 59.5 cm³/mol. The fourth-order valence-electron chi connectivity index (χ4n) is 0.922. The molecule has 6 nitrogen and oxygen atoms in total. The first-order valence-corrected chi connectivity index (χ1v) is 5.37. The second kappa shape index (κ2) is 7.10. The molecule has 92 valence electrons. The zero-order valence-electron chi connectivity index (χ0n) is 8.84. The summed E-state index contributed by atoms with van der Waals surface area (Å²) < 4.78 is 0. The third kappa shape index (κ3) is 5.59. The van der Waals surface area contributed by atoms with Gasteiger partial charge in [-0.05, 0) is 6.42 Å². The number of carboxylic acids is 2. The highest BCUT2D eigenvalue weighted by atomic mass is 32.1. The molecule has 0 saturated heterocycles. The van der Waals surface area contributed by atoms with Gasteiger partial charge in [0, 0.05) is 18.1 Å². The molecule has 0 aromatic rings. The van der Waals surface area contributed by atoms with E-state index < -0.39 is 29.8 Å². The summed E-state index contributed by atoms with van der Waals surface area (Å²) >= 11 is 3.91. The number of aliphatic carboxylic acids is 2. The van der Waals surface area contributed by atoms with Crippen LogP contribution in [0.3, 0.4) is 0 Å². The maximum atomic E-state index is 11.4. The van der Waals surface area contributed by atoms with Gasteiger partial charge < -0.3 is 15.5 Å². The zero-order valence-corrected chi connectivity index (χ0v) is 9.74. The molecule has 3 N–H and O–H groups in total. The Kier molecular flexibility index (Phi) is 6.55. The van der Waals surface area contributed by atoms with Gasteiger partial charge in [-0.15, -0.1) is 0 Å². The summed E-state index contributed by atoms with van der Waals surface area (Å²) in [6.45, 7) is 1.61. The Morgan fingerprint density at radius 3 is 2.25 bits per heavy atom. The lowest BCUT2D eigenvalue weighted by Gasteiger charge is -2.15. The Bertz CT molecular complexity index is 281. The van der Waals surface area contributed by atoms with Crippen LogP contribution in [-0.2, 0) is 14.4 Å². The number of thiol groups is 1. The second-order valence-electron chi connectivity index (χ2n) is 3.42. The molecule has 0 aliphatic heterocycles. The minimum atomic E-state index is -1.24. The van der Waals surface area contributed by atoms with Gasteiger partial charge in [0.1, 0.15) is 6.04 Å². The molecular formula is C9H15NO5S. The van der Waals surface area contributed by atoms with E-state index in [1.807, 2.05) is 0 Å². The summed E-state index contributed by atoms with van der Waals surface area (Å²) in [6.07, 6.45) is -0.428. The van der Waals surface area contributed by atoms with E-state index in [9.17, 15) is 14.4 Å². The minimum absolute atomic E-state index is 0.129. The molecule has 0 bridgehead atoms. The summed E-state index contributed by atoms with van der Waals surface area (Å²) in [5.74, 6) is -2.87. The topological polar surface area (TPSA) is 104 Å². The van der Waals surface area contributed by atoms with E-state index in [1.165, 1.54) is 0 Å². The van der Waals surface area contributed by atoms with Crippen molar-refractivity contribution in [2.75, 3.05) is 5.75 Å². The van der Waals surface area contributed by atoms with Gasteiger partial charge in [0.15, 0.2) is 0 Å². The highest BCUT2D eigenvalue weighted by Gasteiger charge is 2.22. The molecule has 0 aliphatic carbocycles. The van der Waals surface area contributed by atoms with Gasteiger partial charge in [0.25, 0.3) is 0 Å². The molecule has 1 unspecified atom stereocenters. The third-order valence-electron chi connectivity index (χ3n) is 1.98. The number of nitrogens with one attached hydrogen (secondary N) is 1. The molecule has 2 atom stereocenters.